The smallest absolute Gasteiger partial charge is 0 e. The Morgan fingerprint density at radius 2 is 1.29 bits per heavy atom. The van der Waals surface area contributed by atoms with Crippen molar-refractivity contribution in [3.8, 4) is 0 Å². The van der Waals surface area contributed by atoms with Crippen molar-refractivity contribution < 1.29 is 21.7 Å². The van der Waals surface area contributed by atoms with E-state index in [1.54, 1.807) is 0 Å². The molecule has 0 saturated heterocycles. The Hall–Kier alpha value is 0.514. The van der Waals surface area contributed by atoms with Gasteiger partial charge in [0.05, 0.1) is 0 Å². The van der Waals surface area contributed by atoms with Gasteiger partial charge < -0.3 is 0 Å². The molecule has 0 bridgehead atoms. The summed E-state index contributed by atoms with van der Waals surface area (Å²) < 4.78 is 0. The normalized spacial score (nSPS) is 8.59. The molecular weight excluding hydrogens is 287 g/mol. The molecule has 0 atom stereocenters. The van der Waals surface area contributed by atoms with Crippen LogP contribution < -0.4 is 0 Å². The number of benzene rings is 1. The summed E-state index contributed by atoms with van der Waals surface area (Å²) in [4.78, 5) is 0. The third-order valence-electron chi connectivity index (χ3n) is 2.52. The maximum absolute atomic E-state index is 3.51. The first kappa shape index (κ1) is 22.7. The largest absolute Gasteiger partial charge is 0.177 e. The summed E-state index contributed by atoms with van der Waals surface area (Å²) in [7, 11) is 0. The van der Waals surface area contributed by atoms with E-state index in [9.17, 15) is 0 Å². The molecule has 0 spiro atoms. The summed E-state index contributed by atoms with van der Waals surface area (Å²) in [5.41, 5.74) is 2.78. The quantitative estimate of drug-likeness (QED) is 0.511. The zero-order valence-corrected chi connectivity index (χ0v) is 14.0. The molecule has 0 nitrogen and oxygen atoms in total. The van der Waals surface area contributed by atoms with E-state index in [2.05, 4.69) is 38.1 Å². The van der Waals surface area contributed by atoms with Gasteiger partial charge in [-0.05, 0) is 0 Å². The summed E-state index contributed by atoms with van der Waals surface area (Å²) in [5, 5.41) is 0. The summed E-state index contributed by atoms with van der Waals surface area (Å²) in [6.45, 7) is 4.47. The van der Waals surface area contributed by atoms with Crippen LogP contribution in [0.3, 0.4) is 0 Å². The van der Waals surface area contributed by atoms with Crippen LogP contribution >= 0.6 is 24.8 Å². The van der Waals surface area contributed by atoms with E-state index in [0.717, 1.165) is 0 Å². The Balaban J connectivity index is -0.000000653. The number of aryl methyl sites for hydroxylation is 2. The van der Waals surface area contributed by atoms with Gasteiger partial charge in [-0.15, -0.1) is 24.8 Å². The van der Waals surface area contributed by atoms with E-state index < -0.39 is 0 Å². The van der Waals surface area contributed by atoms with Crippen molar-refractivity contribution >= 4 is 24.8 Å². The standard InChI is InChI=1S/C14H21.2ClH.Ti/c1-3-5-8-13-10-7-11-14(12-13)9-6-4-2;;;/h7,10-11H,3-6,8-9H2,1-2H3;2*1H;/q-1;;;. The number of halogens is 2. The van der Waals surface area contributed by atoms with Gasteiger partial charge in [0.25, 0.3) is 0 Å². The van der Waals surface area contributed by atoms with Crippen molar-refractivity contribution in [1.82, 2.24) is 0 Å². The molecule has 0 aromatic heterocycles. The Morgan fingerprint density at radius 3 is 1.65 bits per heavy atom. The minimum atomic E-state index is 0. The van der Waals surface area contributed by atoms with Crippen LogP contribution in [0, 0.1) is 6.07 Å². The van der Waals surface area contributed by atoms with Gasteiger partial charge in [-0.2, -0.15) is 35.4 Å². The summed E-state index contributed by atoms with van der Waals surface area (Å²) >= 11 is 0. The van der Waals surface area contributed by atoms with Gasteiger partial charge in [0.1, 0.15) is 0 Å². The Bertz CT molecular complexity index is 241. The SMILES string of the molecule is CCCCc1[c-]c(CCCC)ccc1.Cl.Cl.[Ti]. The molecule has 1 aromatic carbocycles. The molecule has 98 valence electrons. The van der Waals surface area contributed by atoms with Gasteiger partial charge in [0.15, 0.2) is 0 Å². The topological polar surface area (TPSA) is 0 Å². The molecule has 0 N–H and O–H groups in total. The van der Waals surface area contributed by atoms with Gasteiger partial charge >= 0.3 is 0 Å². The summed E-state index contributed by atoms with van der Waals surface area (Å²) in [5.74, 6) is 0. The number of hydrogen-bond donors (Lipinski definition) is 0. The zero-order chi connectivity index (χ0) is 10.2. The van der Waals surface area contributed by atoms with Crippen LogP contribution in [0.4, 0.5) is 0 Å². The Morgan fingerprint density at radius 1 is 0.882 bits per heavy atom. The van der Waals surface area contributed by atoms with Crippen molar-refractivity contribution in [3.05, 3.63) is 35.4 Å². The Kier molecular flexibility index (Phi) is 19.4. The van der Waals surface area contributed by atoms with Crippen molar-refractivity contribution in [3.63, 3.8) is 0 Å². The average Bonchev–Trinajstić information content (AvgIpc) is 2.24. The molecule has 0 aliphatic rings. The number of unbranched alkanes of at least 4 members (excludes halogenated alkanes) is 2. The third-order valence-corrected chi connectivity index (χ3v) is 2.52. The second kappa shape index (κ2) is 14.6. The fraction of sp³-hybridized carbons (Fsp3) is 0.571. The van der Waals surface area contributed by atoms with E-state index >= 15 is 0 Å². The first-order valence-electron chi connectivity index (χ1n) is 5.87. The minimum Gasteiger partial charge on any atom is -0.177 e. The van der Waals surface area contributed by atoms with Crippen LogP contribution in [-0.2, 0) is 34.6 Å². The molecular formula is C14H23Cl2Ti-. The molecule has 0 aliphatic carbocycles. The van der Waals surface area contributed by atoms with Crippen LogP contribution in [0.2, 0.25) is 0 Å². The molecule has 0 fully saturated rings. The van der Waals surface area contributed by atoms with Crippen LogP contribution in [0.1, 0.15) is 50.7 Å². The predicted octanol–water partition coefficient (Wildman–Crippen LogP) is 5.01. The molecule has 1 aromatic rings. The van der Waals surface area contributed by atoms with Crippen LogP contribution in [-0.4, -0.2) is 0 Å². The van der Waals surface area contributed by atoms with E-state index in [1.165, 1.54) is 49.7 Å². The molecule has 0 saturated carbocycles. The van der Waals surface area contributed by atoms with Gasteiger partial charge in [0.2, 0.25) is 0 Å². The first-order valence-corrected chi connectivity index (χ1v) is 5.87. The van der Waals surface area contributed by atoms with Crippen molar-refractivity contribution in [2.24, 2.45) is 0 Å². The molecule has 0 amide bonds. The molecule has 0 unspecified atom stereocenters. The average molecular weight is 310 g/mol. The molecule has 0 aliphatic heterocycles. The van der Waals surface area contributed by atoms with Crippen molar-refractivity contribution in [2.45, 2.75) is 52.4 Å². The monoisotopic (exact) mass is 309 g/mol. The molecule has 17 heavy (non-hydrogen) atoms. The minimum absolute atomic E-state index is 0. The van der Waals surface area contributed by atoms with E-state index in [0.29, 0.717) is 0 Å². The van der Waals surface area contributed by atoms with Crippen molar-refractivity contribution in [2.75, 3.05) is 0 Å². The van der Waals surface area contributed by atoms with Crippen LogP contribution in [0.25, 0.3) is 0 Å². The molecule has 3 heteroatoms. The molecule has 0 heterocycles. The van der Waals surface area contributed by atoms with E-state index in [1.807, 2.05) is 0 Å². The van der Waals surface area contributed by atoms with Crippen LogP contribution in [0.5, 0.6) is 0 Å². The summed E-state index contributed by atoms with van der Waals surface area (Å²) in [6, 6.07) is 10.1. The Labute approximate surface area is 134 Å². The second-order valence-electron chi connectivity index (χ2n) is 3.91. The van der Waals surface area contributed by atoms with Gasteiger partial charge in [0, 0.05) is 21.7 Å². The summed E-state index contributed by atoms with van der Waals surface area (Å²) in [6.07, 6.45) is 7.49. The first-order chi connectivity index (χ1) is 6.86. The number of hydrogen-bond acceptors (Lipinski definition) is 0. The van der Waals surface area contributed by atoms with Gasteiger partial charge in [-0.25, -0.2) is 0 Å². The van der Waals surface area contributed by atoms with Crippen molar-refractivity contribution in [1.29, 1.82) is 0 Å². The van der Waals surface area contributed by atoms with Gasteiger partial charge in [-0.3, -0.25) is 0 Å². The fourth-order valence-electron chi connectivity index (χ4n) is 1.60. The van der Waals surface area contributed by atoms with Crippen LogP contribution in [0.15, 0.2) is 18.2 Å². The maximum atomic E-state index is 3.51. The van der Waals surface area contributed by atoms with E-state index in [-0.39, 0.29) is 46.5 Å². The zero-order valence-electron chi connectivity index (χ0n) is 10.8. The molecule has 0 radical (unpaired) electrons. The fourth-order valence-corrected chi connectivity index (χ4v) is 1.60. The number of rotatable bonds is 6. The third kappa shape index (κ3) is 10.1. The molecule has 1 rings (SSSR count). The second-order valence-corrected chi connectivity index (χ2v) is 3.91. The van der Waals surface area contributed by atoms with Gasteiger partial charge in [-0.1, -0.05) is 52.4 Å². The maximum Gasteiger partial charge on any atom is 0 e. The van der Waals surface area contributed by atoms with E-state index in [4.69, 9.17) is 0 Å². The predicted molar refractivity (Wildman–Crippen MR) is 77.0 cm³/mol.